The van der Waals surface area contributed by atoms with Crippen LogP contribution in [0, 0.1) is 18.3 Å². The smallest absolute Gasteiger partial charge is 0.305 e. The topological polar surface area (TPSA) is 100 Å². The Labute approximate surface area is 103 Å². The Balaban J connectivity index is 2.96. The molecule has 0 saturated heterocycles. The van der Waals surface area contributed by atoms with E-state index in [4.69, 9.17) is 10.00 Å². The van der Waals surface area contributed by atoms with Gasteiger partial charge in [-0.25, -0.2) is 0 Å². The number of hydrogen-bond donors (Lipinski definition) is 1. The number of nitriles is 1. The molecule has 6 heteroatoms. The summed E-state index contributed by atoms with van der Waals surface area (Å²) in [5.74, 6) is -0.937. The number of Topliss-reactive ketones (excluding diaryl/α,β-unsaturated/α-hetero) is 1. The van der Waals surface area contributed by atoms with E-state index in [-0.39, 0.29) is 17.5 Å². The van der Waals surface area contributed by atoms with Crippen LogP contribution in [0.2, 0.25) is 0 Å². The number of esters is 1. The molecule has 1 aromatic rings. The van der Waals surface area contributed by atoms with E-state index >= 15 is 0 Å². The lowest BCUT2D eigenvalue weighted by Crippen LogP contribution is -2.19. The van der Waals surface area contributed by atoms with Crippen LogP contribution >= 0.6 is 0 Å². The SMILES string of the molecule is CCC(=O)OCC(=O)c1cc(C#N)c(=O)[nH]c1C. The molecule has 0 aromatic carbocycles. The van der Waals surface area contributed by atoms with Crippen LogP contribution < -0.4 is 5.56 Å². The van der Waals surface area contributed by atoms with Crippen LogP contribution in [0.4, 0.5) is 0 Å². The third-order valence-electron chi connectivity index (χ3n) is 2.31. The monoisotopic (exact) mass is 248 g/mol. The zero-order chi connectivity index (χ0) is 13.7. The third-order valence-corrected chi connectivity index (χ3v) is 2.31. The zero-order valence-corrected chi connectivity index (χ0v) is 10.1. The Bertz CT molecular complexity index is 581. The van der Waals surface area contributed by atoms with Gasteiger partial charge in [-0.05, 0) is 13.0 Å². The van der Waals surface area contributed by atoms with Crippen LogP contribution in [-0.4, -0.2) is 23.3 Å². The number of ether oxygens (including phenoxy) is 1. The van der Waals surface area contributed by atoms with Gasteiger partial charge in [0.05, 0.1) is 0 Å². The molecule has 1 rings (SSSR count). The maximum Gasteiger partial charge on any atom is 0.305 e. The molecule has 1 heterocycles. The summed E-state index contributed by atoms with van der Waals surface area (Å²) < 4.78 is 4.70. The first kappa shape index (κ1) is 13.6. The Morgan fingerprint density at radius 1 is 1.50 bits per heavy atom. The van der Waals surface area contributed by atoms with Gasteiger partial charge >= 0.3 is 5.97 Å². The van der Waals surface area contributed by atoms with E-state index in [1.54, 1.807) is 13.0 Å². The molecule has 0 aliphatic heterocycles. The van der Waals surface area contributed by atoms with E-state index in [1.807, 2.05) is 0 Å². The van der Waals surface area contributed by atoms with Crippen molar-refractivity contribution in [3.8, 4) is 6.07 Å². The van der Waals surface area contributed by atoms with E-state index in [9.17, 15) is 14.4 Å². The number of aryl methyl sites for hydroxylation is 1. The number of H-pyrrole nitrogens is 1. The molecule has 18 heavy (non-hydrogen) atoms. The Kier molecular flexibility index (Phi) is 4.38. The van der Waals surface area contributed by atoms with Crippen molar-refractivity contribution < 1.29 is 14.3 Å². The van der Waals surface area contributed by atoms with Gasteiger partial charge in [0.25, 0.3) is 5.56 Å². The average Bonchev–Trinajstić information content (AvgIpc) is 2.35. The normalized spacial score (nSPS) is 9.61. The molecule has 1 aromatic heterocycles. The minimum atomic E-state index is -0.544. The van der Waals surface area contributed by atoms with E-state index in [0.29, 0.717) is 5.69 Å². The number of pyridine rings is 1. The number of hydrogen-bond acceptors (Lipinski definition) is 5. The molecule has 0 fully saturated rings. The number of carbonyl (C=O) groups is 2. The van der Waals surface area contributed by atoms with Crippen molar-refractivity contribution in [2.24, 2.45) is 0 Å². The molecule has 94 valence electrons. The number of rotatable bonds is 4. The van der Waals surface area contributed by atoms with Gasteiger partial charge in [0, 0.05) is 17.7 Å². The first-order chi connectivity index (χ1) is 8.49. The zero-order valence-electron chi connectivity index (χ0n) is 10.1. The lowest BCUT2D eigenvalue weighted by atomic mass is 10.1. The summed E-state index contributed by atoms with van der Waals surface area (Å²) in [5, 5.41) is 8.71. The number of nitrogens with zero attached hydrogens (tertiary/aromatic N) is 1. The molecule has 0 bridgehead atoms. The summed E-state index contributed by atoms with van der Waals surface area (Å²) in [6.45, 7) is 2.76. The molecule has 0 unspecified atom stereocenters. The van der Waals surface area contributed by atoms with Gasteiger partial charge in [0.15, 0.2) is 6.61 Å². The Morgan fingerprint density at radius 2 is 2.17 bits per heavy atom. The summed E-state index contributed by atoms with van der Waals surface area (Å²) >= 11 is 0. The van der Waals surface area contributed by atoms with Crippen molar-refractivity contribution in [2.45, 2.75) is 20.3 Å². The first-order valence-electron chi connectivity index (χ1n) is 5.32. The molecule has 0 amide bonds. The highest BCUT2D eigenvalue weighted by Crippen LogP contribution is 2.06. The predicted octanol–water partition coefficient (Wildman–Crippen LogP) is 0.691. The lowest BCUT2D eigenvalue weighted by molar-refractivity contribution is -0.142. The van der Waals surface area contributed by atoms with Gasteiger partial charge in [0.1, 0.15) is 11.6 Å². The summed E-state index contributed by atoms with van der Waals surface area (Å²) in [6.07, 6.45) is 0.182. The Morgan fingerprint density at radius 3 is 2.72 bits per heavy atom. The molecule has 0 spiro atoms. The molecule has 1 N–H and O–H groups in total. The standard InChI is InChI=1S/C12H12N2O4/c1-3-11(16)18-6-10(15)9-4-8(5-13)12(17)14-7(9)2/h4H,3,6H2,1-2H3,(H,14,17). The molecular weight excluding hydrogens is 236 g/mol. The number of ketones is 1. The van der Waals surface area contributed by atoms with Crippen molar-refractivity contribution in [3.63, 3.8) is 0 Å². The molecule has 0 atom stereocenters. The molecule has 6 nitrogen and oxygen atoms in total. The van der Waals surface area contributed by atoms with Crippen LogP contribution in [-0.2, 0) is 9.53 Å². The van der Waals surface area contributed by atoms with Gasteiger partial charge in [-0.3, -0.25) is 14.4 Å². The minimum absolute atomic E-state index is 0.147. The van der Waals surface area contributed by atoms with Crippen molar-refractivity contribution in [1.82, 2.24) is 4.98 Å². The molecule has 0 saturated carbocycles. The second-order valence-corrected chi connectivity index (χ2v) is 3.60. The number of aromatic amines is 1. The summed E-state index contributed by atoms with van der Waals surface area (Å²) in [7, 11) is 0. The van der Waals surface area contributed by atoms with Gasteiger partial charge in [-0.15, -0.1) is 0 Å². The van der Waals surface area contributed by atoms with Crippen LogP contribution in [0.25, 0.3) is 0 Å². The predicted molar refractivity (Wildman–Crippen MR) is 62.1 cm³/mol. The molecule has 0 radical (unpaired) electrons. The number of carbonyl (C=O) groups excluding carboxylic acids is 2. The van der Waals surface area contributed by atoms with Crippen LogP contribution in [0.3, 0.4) is 0 Å². The highest BCUT2D eigenvalue weighted by atomic mass is 16.5. The quantitative estimate of drug-likeness (QED) is 0.624. The molecule has 0 aliphatic rings. The highest BCUT2D eigenvalue weighted by molar-refractivity contribution is 5.99. The average molecular weight is 248 g/mol. The summed E-state index contributed by atoms with van der Waals surface area (Å²) in [4.78, 5) is 36.4. The van der Waals surface area contributed by atoms with Gasteiger partial charge < -0.3 is 9.72 Å². The van der Waals surface area contributed by atoms with E-state index < -0.39 is 23.9 Å². The second-order valence-electron chi connectivity index (χ2n) is 3.60. The van der Waals surface area contributed by atoms with Crippen LogP contribution in [0.5, 0.6) is 0 Å². The summed E-state index contributed by atoms with van der Waals surface area (Å²) in [6, 6.07) is 2.89. The lowest BCUT2D eigenvalue weighted by Gasteiger charge is -2.05. The van der Waals surface area contributed by atoms with Crippen molar-refractivity contribution in [3.05, 3.63) is 33.2 Å². The highest BCUT2D eigenvalue weighted by Gasteiger charge is 2.14. The van der Waals surface area contributed by atoms with Gasteiger partial charge in [-0.2, -0.15) is 5.26 Å². The van der Waals surface area contributed by atoms with Crippen molar-refractivity contribution >= 4 is 11.8 Å². The largest absolute Gasteiger partial charge is 0.457 e. The Hall–Kier alpha value is -2.42. The fourth-order valence-corrected chi connectivity index (χ4v) is 1.32. The second kappa shape index (κ2) is 5.77. The van der Waals surface area contributed by atoms with E-state index in [1.165, 1.54) is 13.0 Å². The fourth-order valence-electron chi connectivity index (χ4n) is 1.32. The van der Waals surface area contributed by atoms with Crippen LogP contribution in [0.1, 0.15) is 35.0 Å². The third kappa shape index (κ3) is 3.04. The minimum Gasteiger partial charge on any atom is -0.457 e. The van der Waals surface area contributed by atoms with E-state index in [0.717, 1.165) is 0 Å². The number of aromatic nitrogens is 1. The van der Waals surface area contributed by atoms with Gasteiger partial charge in [-0.1, -0.05) is 6.92 Å². The maximum absolute atomic E-state index is 11.8. The fraction of sp³-hybridized carbons (Fsp3) is 0.333. The van der Waals surface area contributed by atoms with Crippen molar-refractivity contribution in [2.75, 3.05) is 6.61 Å². The van der Waals surface area contributed by atoms with Crippen LogP contribution in [0.15, 0.2) is 10.9 Å². The first-order valence-corrected chi connectivity index (χ1v) is 5.32. The number of nitrogens with one attached hydrogen (secondary N) is 1. The maximum atomic E-state index is 11.8. The molecule has 0 aliphatic carbocycles. The summed E-state index contributed by atoms with van der Waals surface area (Å²) in [5.41, 5.74) is -0.172. The molecular formula is C12H12N2O4. The van der Waals surface area contributed by atoms with Gasteiger partial charge in [0.2, 0.25) is 5.78 Å². The van der Waals surface area contributed by atoms with Crippen molar-refractivity contribution in [1.29, 1.82) is 5.26 Å². The van der Waals surface area contributed by atoms with E-state index in [2.05, 4.69) is 4.98 Å².